The fourth-order valence-corrected chi connectivity index (χ4v) is 2.38. The van der Waals surface area contributed by atoms with E-state index in [9.17, 15) is 14.4 Å². The Hall–Kier alpha value is -2.57. The summed E-state index contributed by atoms with van der Waals surface area (Å²) in [6.07, 6.45) is 0.124. The molecule has 0 radical (unpaired) electrons. The van der Waals surface area contributed by atoms with Crippen molar-refractivity contribution in [2.45, 2.75) is 13.3 Å². The zero-order chi connectivity index (χ0) is 17.0. The van der Waals surface area contributed by atoms with Crippen LogP contribution in [0.3, 0.4) is 0 Å². The van der Waals surface area contributed by atoms with Crippen LogP contribution in [0, 0.1) is 11.8 Å². The standard InChI is InChI=1S/C16H20N2O5/c1-10(16(21)22)8-17-15(20)11-7-14(19)18(9-11)12-3-5-13(23-2)6-4-12/h3-6,10-11H,7-9H2,1-2H3,(H,17,20)(H,21,22). The van der Waals surface area contributed by atoms with Gasteiger partial charge in [-0.05, 0) is 24.3 Å². The number of methoxy groups -OCH3 is 1. The van der Waals surface area contributed by atoms with Crippen molar-refractivity contribution in [1.82, 2.24) is 5.32 Å². The molecule has 2 rings (SSSR count). The monoisotopic (exact) mass is 320 g/mol. The Bertz CT molecular complexity index is 599. The van der Waals surface area contributed by atoms with E-state index in [0.29, 0.717) is 18.0 Å². The van der Waals surface area contributed by atoms with Crippen LogP contribution in [0.5, 0.6) is 5.75 Å². The van der Waals surface area contributed by atoms with Gasteiger partial charge in [-0.3, -0.25) is 14.4 Å². The van der Waals surface area contributed by atoms with E-state index in [1.54, 1.807) is 36.3 Å². The third-order valence-corrected chi connectivity index (χ3v) is 3.88. The maximum atomic E-state index is 12.1. The van der Waals surface area contributed by atoms with Crippen LogP contribution in [0.2, 0.25) is 0 Å². The molecule has 0 saturated carbocycles. The van der Waals surface area contributed by atoms with E-state index in [0.717, 1.165) is 0 Å². The summed E-state index contributed by atoms with van der Waals surface area (Å²) in [6.45, 7) is 1.87. The van der Waals surface area contributed by atoms with Gasteiger partial charge in [0.05, 0.1) is 18.9 Å². The first-order valence-corrected chi connectivity index (χ1v) is 7.37. The summed E-state index contributed by atoms with van der Waals surface area (Å²) in [6, 6.07) is 7.04. The molecule has 2 N–H and O–H groups in total. The third kappa shape index (κ3) is 4.00. The number of carboxylic acids is 1. The minimum Gasteiger partial charge on any atom is -0.497 e. The molecule has 23 heavy (non-hydrogen) atoms. The molecule has 7 nitrogen and oxygen atoms in total. The second-order valence-electron chi connectivity index (χ2n) is 5.59. The van der Waals surface area contributed by atoms with E-state index in [-0.39, 0.29) is 24.8 Å². The maximum absolute atomic E-state index is 12.1. The van der Waals surface area contributed by atoms with Gasteiger partial charge in [0, 0.05) is 25.2 Å². The van der Waals surface area contributed by atoms with Gasteiger partial charge in [0.1, 0.15) is 5.75 Å². The number of hydrogen-bond donors (Lipinski definition) is 2. The summed E-state index contributed by atoms with van der Waals surface area (Å²) in [7, 11) is 1.56. The van der Waals surface area contributed by atoms with E-state index < -0.39 is 17.8 Å². The smallest absolute Gasteiger partial charge is 0.308 e. The predicted molar refractivity (Wildman–Crippen MR) is 83.3 cm³/mol. The molecular formula is C16H20N2O5. The van der Waals surface area contributed by atoms with E-state index in [4.69, 9.17) is 9.84 Å². The van der Waals surface area contributed by atoms with E-state index >= 15 is 0 Å². The van der Waals surface area contributed by atoms with Gasteiger partial charge >= 0.3 is 5.97 Å². The number of amides is 2. The number of carbonyl (C=O) groups is 3. The summed E-state index contributed by atoms with van der Waals surface area (Å²) in [5.41, 5.74) is 0.713. The first-order valence-electron chi connectivity index (χ1n) is 7.37. The van der Waals surface area contributed by atoms with Gasteiger partial charge in [-0.25, -0.2) is 0 Å². The lowest BCUT2D eigenvalue weighted by Crippen LogP contribution is -2.37. The molecule has 0 bridgehead atoms. The highest BCUT2D eigenvalue weighted by atomic mass is 16.5. The SMILES string of the molecule is COc1ccc(N2CC(C(=O)NCC(C)C(=O)O)CC2=O)cc1. The molecule has 1 aromatic carbocycles. The van der Waals surface area contributed by atoms with Crippen molar-refractivity contribution in [3.8, 4) is 5.75 Å². The molecular weight excluding hydrogens is 300 g/mol. The highest BCUT2D eigenvalue weighted by Crippen LogP contribution is 2.26. The van der Waals surface area contributed by atoms with Crippen LogP contribution < -0.4 is 15.0 Å². The first kappa shape index (κ1) is 16.8. The normalized spacial score (nSPS) is 18.6. The van der Waals surface area contributed by atoms with Crippen LogP contribution in [0.1, 0.15) is 13.3 Å². The third-order valence-electron chi connectivity index (χ3n) is 3.88. The molecule has 0 aliphatic carbocycles. The Morgan fingerprint density at radius 2 is 2.04 bits per heavy atom. The summed E-state index contributed by atoms with van der Waals surface area (Å²) in [4.78, 5) is 36.5. The average molecular weight is 320 g/mol. The van der Waals surface area contributed by atoms with Crippen LogP contribution in [-0.4, -0.2) is 43.1 Å². The molecule has 2 amide bonds. The fourth-order valence-electron chi connectivity index (χ4n) is 2.38. The molecule has 1 saturated heterocycles. The van der Waals surface area contributed by atoms with Crippen LogP contribution in [0.25, 0.3) is 0 Å². The summed E-state index contributed by atoms with van der Waals surface area (Å²) in [5.74, 6) is -1.81. The van der Waals surface area contributed by atoms with E-state index in [2.05, 4.69) is 5.32 Å². The second kappa shape index (κ2) is 7.13. The minimum atomic E-state index is -0.965. The first-order chi connectivity index (χ1) is 10.9. The van der Waals surface area contributed by atoms with Gasteiger partial charge in [-0.1, -0.05) is 6.92 Å². The quantitative estimate of drug-likeness (QED) is 0.811. The molecule has 0 aromatic heterocycles. The second-order valence-corrected chi connectivity index (χ2v) is 5.59. The number of carboxylic acid groups (broad SMARTS) is 1. The van der Waals surface area contributed by atoms with Crippen molar-refractivity contribution in [1.29, 1.82) is 0 Å². The number of hydrogen-bond acceptors (Lipinski definition) is 4. The summed E-state index contributed by atoms with van der Waals surface area (Å²) in [5, 5.41) is 11.4. The predicted octanol–water partition coefficient (Wildman–Crippen LogP) is 0.885. The molecule has 1 aromatic rings. The number of ether oxygens (including phenoxy) is 1. The van der Waals surface area contributed by atoms with Gasteiger partial charge in [-0.2, -0.15) is 0 Å². The highest BCUT2D eigenvalue weighted by Gasteiger charge is 2.35. The average Bonchev–Trinajstić information content (AvgIpc) is 2.94. The maximum Gasteiger partial charge on any atom is 0.308 e. The number of rotatable bonds is 6. The largest absolute Gasteiger partial charge is 0.497 e. The van der Waals surface area contributed by atoms with Gasteiger partial charge < -0.3 is 20.1 Å². The summed E-state index contributed by atoms with van der Waals surface area (Å²) < 4.78 is 5.08. The molecule has 7 heteroatoms. The Morgan fingerprint density at radius 3 is 2.61 bits per heavy atom. The number of aliphatic carboxylic acids is 1. The summed E-state index contributed by atoms with van der Waals surface area (Å²) >= 11 is 0. The topological polar surface area (TPSA) is 95.9 Å². The van der Waals surface area contributed by atoms with E-state index in [1.807, 2.05) is 0 Å². The van der Waals surface area contributed by atoms with E-state index in [1.165, 1.54) is 6.92 Å². The lowest BCUT2D eigenvalue weighted by atomic mass is 10.1. The molecule has 1 aliphatic heterocycles. The molecule has 2 atom stereocenters. The molecule has 1 aliphatic rings. The molecule has 1 heterocycles. The zero-order valence-electron chi connectivity index (χ0n) is 13.1. The molecule has 2 unspecified atom stereocenters. The zero-order valence-corrected chi connectivity index (χ0v) is 13.1. The highest BCUT2D eigenvalue weighted by molar-refractivity contribution is 6.00. The van der Waals surface area contributed by atoms with Gasteiger partial charge in [0.15, 0.2) is 0 Å². The molecule has 1 fully saturated rings. The lowest BCUT2D eigenvalue weighted by Gasteiger charge is -2.17. The lowest BCUT2D eigenvalue weighted by molar-refractivity contribution is -0.141. The number of benzene rings is 1. The van der Waals surface area contributed by atoms with Crippen molar-refractivity contribution in [2.75, 3.05) is 25.1 Å². The van der Waals surface area contributed by atoms with Crippen LogP contribution in [0.4, 0.5) is 5.69 Å². The van der Waals surface area contributed by atoms with Crippen LogP contribution >= 0.6 is 0 Å². The number of carbonyl (C=O) groups excluding carboxylic acids is 2. The van der Waals surface area contributed by atoms with Gasteiger partial charge in [0.25, 0.3) is 0 Å². The van der Waals surface area contributed by atoms with Crippen molar-refractivity contribution < 1.29 is 24.2 Å². The van der Waals surface area contributed by atoms with Gasteiger partial charge in [0.2, 0.25) is 11.8 Å². The molecule has 124 valence electrons. The number of nitrogens with one attached hydrogen (secondary N) is 1. The van der Waals surface area contributed by atoms with Crippen molar-refractivity contribution in [2.24, 2.45) is 11.8 Å². The number of anilines is 1. The van der Waals surface area contributed by atoms with Crippen LogP contribution in [0.15, 0.2) is 24.3 Å². The van der Waals surface area contributed by atoms with Gasteiger partial charge in [-0.15, -0.1) is 0 Å². The van der Waals surface area contributed by atoms with Crippen molar-refractivity contribution in [3.63, 3.8) is 0 Å². The minimum absolute atomic E-state index is 0.0569. The Kier molecular flexibility index (Phi) is 5.20. The Morgan fingerprint density at radius 1 is 1.39 bits per heavy atom. The fraction of sp³-hybridized carbons (Fsp3) is 0.438. The number of nitrogens with zero attached hydrogens (tertiary/aromatic N) is 1. The van der Waals surface area contributed by atoms with Crippen molar-refractivity contribution in [3.05, 3.63) is 24.3 Å². The molecule has 0 spiro atoms. The van der Waals surface area contributed by atoms with Crippen LogP contribution in [-0.2, 0) is 14.4 Å². The Labute approximate surface area is 134 Å². The Balaban J connectivity index is 1.95. The van der Waals surface area contributed by atoms with Crippen molar-refractivity contribution >= 4 is 23.5 Å².